The first kappa shape index (κ1) is 23.2. The zero-order valence-corrected chi connectivity index (χ0v) is 10.6. The van der Waals surface area contributed by atoms with Gasteiger partial charge in [0.05, 0.1) is 10.7 Å². The molecule has 0 aliphatic carbocycles. The fourth-order valence-corrected chi connectivity index (χ4v) is 0. The predicted octanol–water partition coefficient (Wildman–Crippen LogP) is 2.81. The Kier molecular flexibility index (Phi) is 77.4. The highest BCUT2D eigenvalue weighted by Gasteiger charge is 1.67. The monoisotopic (exact) mass is 259 g/mol. The minimum Gasteiger partial charge on any atom is -0.400 e. The van der Waals surface area contributed by atoms with Crippen LogP contribution in [0.15, 0.2) is 0 Å². The van der Waals surface area contributed by atoms with Crippen LogP contribution in [0.4, 0.5) is 0 Å². The molecule has 0 bridgehead atoms. The fraction of sp³-hybridized carbons (Fsp3) is 1.00. The minimum absolute atomic E-state index is 0.194. The van der Waals surface area contributed by atoms with Gasteiger partial charge in [-0.3, -0.25) is 0 Å². The molecule has 0 aliphatic heterocycles. The lowest BCUT2D eigenvalue weighted by Crippen LogP contribution is -2.06. The summed E-state index contributed by atoms with van der Waals surface area (Å²) in [6.07, 6.45) is 0. The predicted molar refractivity (Wildman–Crippen MR) is 60.6 cm³/mol. The molecule has 0 fully saturated rings. The summed E-state index contributed by atoms with van der Waals surface area (Å²) < 4.78 is 0. The molecule has 0 rings (SSSR count). The van der Waals surface area contributed by atoms with E-state index in [0.29, 0.717) is 6.04 Å². The molecule has 0 unspecified atom stereocenters. The normalized spacial score (nSPS) is 6.50. The van der Waals surface area contributed by atoms with Gasteiger partial charge in [0, 0.05) is 7.11 Å². The van der Waals surface area contributed by atoms with Crippen LogP contribution in [0, 0.1) is 0 Å². The standard InChI is InChI=1S/C3H9N.2CH2Cl2.CH4O/c1-3(2)4;2*2-1-3;1-2/h3H,4H2,1-2H3;2*1H2;2H,1H3. The molecule has 3 N–H and O–H groups in total. The smallest absolute Gasteiger partial charge is 0.0967 e. The second-order valence-electron chi connectivity index (χ2n) is 1.45. The molecule has 6 heteroatoms. The topological polar surface area (TPSA) is 46.2 Å². The van der Waals surface area contributed by atoms with Crippen molar-refractivity contribution in [3.05, 3.63) is 0 Å². The Balaban J connectivity index is -0.0000000368. The molecule has 0 saturated heterocycles. The molecule has 0 radical (unpaired) electrons. The molecular formula is C6H17Cl4NO. The minimum atomic E-state index is 0.194. The van der Waals surface area contributed by atoms with Gasteiger partial charge in [0.1, 0.15) is 0 Å². The average molecular weight is 261 g/mol. The zero-order chi connectivity index (χ0) is 11.0. The molecule has 0 atom stereocenters. The van der Waals surface area contributed by atoms with Crippen LogP contribution in [0.3, 0.4) is 0 Å². The van der Waals surface area contributed by atoms with E-state index in [-0.39, 0.29) is 10.7 Å². The fourth-order valence-electron chi connectivity index (χ4n) is 0. The summed E-state index contributed by atoms with van der Waals surface area (Å²) in [7, 11) is 1.00. The van der Waals surface area contributed by atoms with Gasteiger partial charge < -0.3 is 10.8 Å². The van der Waals surface area contributed by atoms with Gasteiger partial charge in [-0.05, 0) is 6.04 Å². The molecule has 0 aromatic rings. The van der Waals surface area contributed by atoms with Crippen LogP contribution >= 0.6 is 46.4 Å². The number of aliphatic hydroxyl groups is 1. The van der Waals surface area contributed by atoms with Gasteiger partial charge in [0.15, 0.2) is 0 Å². The lowest BCUT2D eigenvalue weighted by Gasteiger charge is -1.81. The van der Waals surface area contributed by atoms with Gasteiger partial charge in [0.25, 0.3) is 0 Å². The third-order valence-corrected chi connectivity index (χ3v) is 0. The highest BCUT2D eigenvalue weighted by atomic mass is 35.5. The van der Waals surface area contributed by atoms with E-state index < -0.39 is 0 Å². The van der Waals surface area contributed by atoms with Crippen molar-refractivity contribution in [3.8, 4) is 0 Å². The maximum atomic E-state index is 7.00. The molecule has 0 spiro atoms. The van der Waals surface area contributed by atoms with Crippen molar-refractivity contribution in [2.24, 2.45) is 5.73 Å². The number of rotatable bonds is 0. The van der Waals surface area contributed by atoms with Gasteiger partial charge in [0.2, 0.25) is 0 Å². The van der Waals surface area contributed by atoms with Gasteiger partial charge in [-0.1, -0.05) is 13.8 Å². The van der Waals surface area contributed by atoms with Gasteiger partial charge >= 0.3 is 0 Å². The SMILES string of the molecule is CC(C)N.CO.ClCCl.ClCCl. The molecule has 2 nitrogen and oxygen atoms in total. The number of aliphatic hydroxyl groups excluding tert-OH is 1. The molecule has 0 saturated carbocycles. The van der Waals surface area contributed by atoms with Crippen molar-refractivity contribution in [3.63, 3.8) is 0 Å². The summed E-state index contributed by atoms with van der Waals surface area (Å²) in [6, 6.07) is 0.333. The number of hydrogen-bond acceptors (Lipinski definition) is 2. The molecule has 80 valence electrons. The van der Waals surface area contributed by atoms with E-state index in [1.54, 1.807) is 0 Å². The maximum Gasteiger partial charge on any atom is 0.0967 e. The highest BCUT2D eigenvalue weighted by Crippen LogP contribution is 1.73. The van der Waals surface area contributed by atoms with Gasteiger partial charge in [-0.2, -0.15) is 0 Å². The summed E-state index contributed by atoms with van der Waals surface area (Å²) in [5.74, 6) is 0. The summed E-state index contributed by atoms with van der Waals surface area (Å²) in [4.78, 5) is 0. The Labute approximate surface area is 94.9 Å². The Morgan fingerprint density at radius 1 is 1.00 bits per heavy atom. The number of alkyl halides is 4. The first-order valence-electron chi connectivity index (χ1n) is 3.00. The quantitative estimate of drug-likeness (QED) is 0.658. The molecule has 0 aromatic heterocycles. The van der Waals surface area contributed by atoms with Crippen molar-refractivity contribution >= 4 is 46.4 Å². The Morgan fingerprint density at radius 3 is 1.00 bits per heavy atom. The maximum absolute atomic E-state index is 7.00. The van der Waals surface area contributed by atoms with Crippen LogP contribution in [0.25, 0.3) is 0 Å². The lowest BCUT2D eigenvalue weighted by molar-refractivity contribution is 0.399. The van der Waals surface area contributed by atoms with E-state index in [1.165, 1.54) is 0 Å². The first-order valence-corrected chi connectivity index (χ1v) is 5.14. The van der Waals surface area contributed by atoms with E-state index in [0.717, 1.165) is 7.11 Å². The number of hydrogen-bond donors (Lipinski definition) is 2. The molecule has 0 heterocycles. The molecule has 0 amide bonds. The summed E-state index contributed by atoms with van der Waals surface area (Å²) in [5, 5.41) is 7.39. The second-order valence-corrected chi connectivity index (χ2v) is 3.06. The van der Waals surface area contributed by atoms with Crippen LogP contribution < -0.4 is 5.73 Å². The number of nitrogens with two attached hydrogens (primary N) is 1. The molecular weight excluding hydrogens is 244 g/mol. The molecule has 0 aromatic carbocycles. The summed E-state index contributed by atoms with van der Waals surface area (Å²) in [5.41, 5.74) is 5.11. The Bertz CT molecular complexity index is 36.0. The Morgan fingerprint density at radius 2 is 1.00 bits per heavy atom. The summed E-state index contributed by atoms with van der Waals surface area (Å²) in [6.45, 7) is 3.89. The molecule has 0 aliphatic rings. The van der Waals surface area contributed by atoms with E-state index in [4.69, 9.17) is 57.2 Å². The largest absolute Gasteiger partial charge is 0.400 e. The molecule has 12 heavy (non-hydrogen) atoms. The summed E-state index contributed by atoms with van der Waals surface area (Å²) >= 11 is 19.1. The average Bonchev–Trinajstić information content (AvgIpc) is 1.92. The van der Waals surface area contributed by atoms with Crippen molar-refractivity contribution in [2.75, 3.05) is 17.8 Å². The van der Waals surface area contributed by atoms with Crippen LogP contribution in [0.2, 0.25) is 0 Å². The van der Waals surface area contributed by atoms with E-state index in [9.17, 15) is 0 Å². The van der Waals surface area contributed by atoms with Crippen molar-refractivity contribution in [1.82, 2.24) is 0 Å². The van der Waals surface area contributed by atoms with E-state index in [1.807, 2.05) is 13.8 Å². The highest BCUT2D eigenvalue weighted by molar-refractivity contribution is 6.40. The van der Waals surface area contributed by atoms with Crippen molar-refractivity contribution in [1.29, 1.82) is 0 Å². The third-order valence-electron chi connectivity index (χ3n) is 0. The van der Waals surface area contributed by atoms with Crippen LogP contribution in [0.5, 0.6) is 0 Å². The second kappa shape index (κ2) is 40.1. The van der Waals surface area contributed by atoms with Crippen LogP contribution in [-0.2, 0) is 0 Å². The van der Waals surface area contributed by atoms with E-state index in [2.05, 4.69) is 0 Å². The zero-order valence-electron chi connectivity index (χ0n) is 7.53. The lowest BCUT2D eigenvalue weighted by atomic mass is 10.5. The van der Waals surface area contributed by atoms with Crippen LogP contribution in [0.1, 0.15) is 13.8 Å². The Hall–Kier alpha value is 1.08. The third kappa shape index (κ3) is 965. The van der Waals surface area contributed by atoms with Gasteiger partial charge in [-0.15, -0.1) is 46.4 Å². The van der Waals surface area contributed by atoms with Gasteiger partial charge in [-0.25, -0.2) is 0 Å². The number of halogens is 4. The first-order chi connectivity index (χ1) is 5.56. The van der Waals surface area contributed by atoms with Crippen molar-refractivity contribution in [2.45, 2.75) is 19.9 Å². The van der Waals surface area contributed by atoms with Crippen LogP contribution in [-0.4, -0.2) is 28.9 Å². The van der Waals surface area contributed by atoms with E-state index >= 15 is 0 Å². The van der Waals surface area contributed by atoms with Crippen molar-refractivity contribution < 1.29 is 5.11 Å².